The average Bonchev–Trinajstić information content (AvgIpc) is 3.34. The second-order valence-electron chi connectivity index (χ2n) is 6.02. The lowest BCUT2D eigenvalue weighted by molar-refractivity contribution is 0.297. The summed E-state index contributed by atoms with van der Waals surface area (Å²) in [6.45, 7) is -0.121. The number of aryl methyl sites for hydroxylation is 1. The first-order chi connectivity index (χ1) is 14.1. The summed E-state index contributed by atoms with van der Waals surface area (Å²) in [6, 6.07) is 11.9. The van der Waals surface area contributed by atoms with Crippen LogP contribution in [-0.2, 0) is 13.7 Å². The van der Waals surface area contributed by atoms with Gasteiger partial charge >= 0.3 is 5.69 Å². The normalized spacial score (nSPS) is 10.9. The van der Waals surface area contributed by atoms with Gasteiger partial charge in [0.1, 0.15) is 18.2 Å². The summed E-state index contributed by atoms with van der Waals surface area (Å²) < 4.78 is 27.6. The molecule has 0 amide bonds. The standard InChI is InChI=1S/C19H16FN5O3S/c1-24-19(26)25(23-22-24)16-8-5-7-14(20)13(16)10-28-18-21-15(11-29-18)12-6-3-4-9-17(12)27-2/h3-9,11H,10H2,1-2H3. The maximum Gasteiger partial charge on any atom is 0.368 e. The van der Waals surface area contributed by atoms with Crippen LogP contribution in [0.15, 0.2) is 52.6 Å². The molecule has 2 aromatic carbocycles. The molecule has 10 heteroatoms. The van der Waals surface area contributed by atoms with Gasteiger partial charge in [0.15, 0.2) is 0 Å². The van der Waals surface area contributed by atoms with Gasteiger partial charge in [0.05, 0.1) is 24.1 Å². The zero-order valence-electron chi connectivity index (χ0n) is 15.6. The second kappa shape index (κ2) is 7.84. The van der Waals surface area contributed by atoms with Gasteiger partial charge in [-0.05, 0) is 34.7 Å². The molecule has 0 saturated heterocycles. The van der Waals surface area contributed by atoms with Crippen LogP contribution in [0.1, 0.15) is 5.56 Å². The molecule has 0 spiro atoms. The molecule has 0 fully saturated rings. The van der Waals surface area contributed by atoms with Crippen molar-refractivity contribution in [3.63, 3.8) is 0 Å². The van der Waals surface area contributed by atoms with Crippen molar-refractivity contribution >= 4 is 11.3 Å². The van der Waals surface area contributed by atoms with Gasteiger partial charge in [-0.25, -0.2) is 14.2 Å². The molecular formula is C19H16FN5O3S. The zero-order chi connectivity index (χ0) is 20.4. The second-order valence-corrected chi connectivity index (χ2v) is 6.84. The molecule has 0 saturated carbocycles. The number of halogens is 1. The Bertz CT molecular complexity index is 1220. The van der Waals surface area contributed by atoms with Crippen LogP contribution in [0, 0.1) is 5.82 Å². The number of aromatic nitrogens is 5. The first kappa shape index (κ1) is 18.8. The minimum absolute atomic E-state index is 0.121. The highest BCUT2D eigenvalue weighted by atomic mass is 32.1. The minimum Gasteiger partial charge on any atom is -0.496 e. The number of hydrogen-bond donors (Lipinski definition) is 0. The molecule has 148 valence electrons. The zero-order valence-corrected chi connectivity index (χ0v) is 16.4. The average molecular weight is 413 g/mol. The number of tetrazole rings is 1. The van der Waals surface area contributed by atoms with Gasteiger partial charge in [0.2, 0.25) is 0 Å². The lowest BCUT2D eigenvalue weighted by Gasteiger charge is -2.09. The van der Waals surface area contributed by atoms with Crippen LogP contribution in [0.5, 0.6) is 10.9 Å². The Labute approximate surface area is 168 Å². The van der Waals surface area contributed by atoms with E-state index in [1.54, 1.807) is 13.2 Å². The van der Waals surface area contributed by atoms with E-state index >= 15 is 0 Å². The molecule has 2 heterocycles. The fraction of sp³-hybridized carbons (Fsp3) is 0.158. The van der Waals surface area contributed by atoms with E-state index < -0.39 is 11.5 Å². The smallest absolute Gasteiger partial charge is 0.368 e. The van der Waals surface area contributed by atoms with Crippen LogP contribution < -0.4 is 15.2 Å². The van der Waals surface area contributed by atoms with E-state index in [9.17, 15) is 9.18 Å². The van der Waals surface area contributed by atoms with E-state index in [0.717, 1.165) is 14.9 Å². The van der Waals surface area contributed by atoms with Gasteiger partial charge in [0.25, 0.3) is 5.19 Å². The summed E-state index contributed by atoms with van der Waals surface area (Å²) in [7, 11) is 3.06. The molecule has 0 aliphatic rings. The van der Waals surface area contributed by atoms with E-state index in [0.29, 0.717) is 16.6 Å². The van der Waals surface area contributed by atoms with Crippen molar-refractivity contribution in [3.8, 4) is 27.9 Å². The highest BCUT2D eigenvalue weighted by molar-refractivity contribution is 7.11. The summed E-state index contributed by atoms with van der Waals surface area (Å²) in [4.78, 5) is 16.6. The van der Waals surface area contributed by atoms with Crippen molar-refractivity contribution in [2.24, 2.45) is 7.05 Å². The molecular weight excluding hydrogens is 397 g/mol. The maximum atomic E-state index is 14.5. The molecule has 0 atom stereocenters. The SMILES string of the molecule is COc1ccccc1-c1csc(OCc2c(F)cccc2-n2nnn(C)c2=O)n1. The molecule has 0 radical (unpaired) electrons. The number of methoxy groups -OCH3 is 1. The summed E-state index contributed by atoms with van der Waals surface area (Å²) in [5, 5.41) is 9.64. The predicted octanol–water partition coefficient (Wildman–Crippen LogP) is 2.82. The highest BCUT2D eigenvalue weighted by Crippen LogP contribution is 2.33. The Morgan fingerprint density at radius 3 is 2.72 bits per heavy atom. The highest BCUT2D eigenvalue weighted by Gasteiger charge is 2.16. The number of benzene rings is 2. The number of rotatable bonds is 6. The van der Waals surface area contributed by atoms with E-state index in [-0.39, 0.29) is 17.9 Å². The Kier molecular flexibility index (Phi) is 5.09. The molecule has 0 N–H and O–H groups in total. The molecule has 0 aliphatic heterocycles. The van der Waals surface area contributed by atoms with Gasteiger partial charge in [0, 0.05) is 18.0 Å². The molecule has 2 aromatic heterocycles. The van der Waals surface area contributed by atoms with Gasteiger partial charge in [-0.1, -0.05) is 29.5 Å². The van der Waals surface area contributed by atoms with Crippen molar-refractivity contribution in [1.29, 1.82) is 0 Å². The third kappa shape index (κ3) is 3.61. The first-order valence-electron chi connectivity index (χ1n) is 8.57. The third-order valence-corrected chi connectivity index (χ3v) is 5.00. The lowest BCUT2D eigenvalue weighted by atomic mass is 10.1. The van der Waals surface area contributed by atoms with Crippen molar-refractivity contribution in [2.75, 3.05) is 7.11 Å². The van der Waals surface area contributed by atoms with Crippen LogP contribution in [-0.4, -0.2) is 31.9 Å². The Morgan fingerprint density at radius 2 is 1.97 bits per heavy atom. The molecule has 29 heavy (non-hydrogen) atoms. The fourth-order valence-corrected chi connectivity index (χ4v) is 3.46. The van der Waals surface area contributed by atoms with Crippen LogP contribution >= 0.6 is 11.3 Å². The molecule has 4 aromatic rings. The van der Waals surface area contributed by atoms with E-state index in [4.69, 9.17) is 9.47 Å². The summed E-state index contributed by atoms with van der Waals surface area (Å²) >= 11 is 1.29. The van der Waals surface area contributed by atoms with Crippen LogP contribution in [0.25, 0.3) is 16.9 Å². The van der Waals surface area contributed by atoms with Crippen LogP contribution in [0.3, 0.4) is 0 Å². The Morgan fingerprint density at radius 1 is 1.14 bits per heavy atom. The number of nitrogens with zero attached hydrogens (tertiary/aromatic N) is 5. The van der Waals surface area contributed by atoms with Gasteiger partial charge in [-0.15, -0.1) is 0 Å². The number of ether oxygens (including phenoxy) is 2. The summed E-state index contributed by atoms with van der Waals surface area (Å²) in [5.41, 5.74) is 1.50. The number of para-hydroxylation sites is 1. The molecule has 0 aliphatic carbocycles. The van der Waals surface area contributed by atoms with Gasteiger partial charge in [-0.3, -0.25) is 0 Å². The molecule has 8 nitrogen and oxygen atoms in total. The van der Waals surface area contributed by atoms with E-state index in [2.05, 4.69) is 15.4 Å². The first-order valence-corrected chi connectivity index (χ1v) is 9.45. The minimum atomic E-state index is -0.512. The van der Waals surface area contributed by atoms with Crippen molar-refractivity contribution in [3.05, 3.63) is 69.7 Å². The van der Waals surface area contributed by atoms with E-state index in [1.807, 2.05) is 29.6 Å². The number of thiazole rings is 1. The molecule has 0 unspecified atom stereocenters. The third-order valence-electron chi connectivity index (χ3n) is 4.25. The van der Waals surface area contributed by atoms with Crippen molar-refractivity contribution < 1.29 is 13.9 Å². The van der Waals surface area contributed by atoms with Crippen molar-refractivity contribution in [1.82, 2.24) is 24.8 Å². The summed E-state index contributed by atoms with van der Waals surface area (Å²) in [6.07, 6.45) is 0. The lowest BCUT2D eigenvalue weighted by Crippen LogP contribution is -2.23. The molecule has 4 rings (SSSR count). The van der Waals surface area contributed by atoms with Crippen LogP contribution in [0.4, 0.5) is 4.39 Å². The van der Waals surface area contributed by atoms with Crippen molar-refractivity contribution in [2.45, 2.75) is 6.61 Å². The fourth-order valence-electron chi connectivity index (χ4n) is 2.79. The van der Waals surface area contributed by atoms with Gasteiger partial charge < -0.3 is 9.47 Å². The predicted molar refractivity (Wildman–Crippen MR) is 105 cm³/mol. The van der Waals surface area contributed by atoms with E-state index in [1.165, 1.54) is 30.5 Å². The Hall–Kier alpha value is -3.53. The quantitative estimate of drug-likeness (QED) is 0.483. The molecule has 0 bridgehead atoms. The maximum absolute atomic E-state index is 14.5. The Balaban J connectivity index is 1.60. The largest absolute Gasteiger partial charge is 0.496 e. The van der Waals surface area contributed by atoms with Gasteiger partial charge in [-0.2, -0.15) is 9.36 Å². The summed E-state index contributed by atoms with van der Waals surface area (Å²) in [5.74, 6) is 0.185. The monoisotopic (exact) mass is 413 g/mol. The number of hydrogen-bond acceptors (Lipinski definition) is 7. The topological polar surface area (TPSA) is 84.1 Å². The van der Waals surface area contributed by atoms with Crippen LogP contribution in [0.2, 0.25) is 0 Å².